The third-order valence-electron chi connectivity index (χ3n) is 3.98. The molecule has 1 aromatic heterocycles. The van der Waals surface area contributed by atoms with E-state index in [0.29, 0.717) is 13.1 Å². The Labute approximate surface area is 154 Å². The number of amides is 1. The Morgan fingerprint density at radius 2 is 1.81 bits per heavy atom. The van der Waals surface area contributed by atoms with Crippen molar-refractivity contribution in [3.63, 3.8) is 0 Å². The third kappa shape index (κ3) is 4.42. The van der Waals surface area contributed by atoms with Crippen molar-refractivity contribution in [1.29, 1.82) is 0 Å². The van der Waals surface area contributed by atoms with Crippen molar-refractivity contribution in [2.75, 3.05) is 0 Å². The zero-order valence-electron chi connectivity index (χ0n) is 15.7. The number of fused-ring (bicyclic) bond motifs is 1. The summed E-state index contributed by atoms with van der Waals surface area (Å²) in [5.74, 6) is 0.803. The number of carbonyl (C=O) groups excluding carboxylic acids is 1. The van der Waals surface area contributed by atoms with Gasteiger partial charge in [-0.25, -0.2) is 9.78 Å². The van der Waals surface area contributed by atoms with Crippen LogP contribution in [0.2, 0.25) is 0 Å². The lowest BCUT2D eigenvalue weighted by atomic mass is 10.1. The van der Waals surface area contributed by atoms with Crippen molar-refractivity contribution < 1.29 is 9.53 Å². The fourth-order valence-electron chi connectivity index (χ4n) is 2.78. The van der Waals surface area contributed by atoms with Gasteiger partial charge in [0.05, 0.1) is 17.6 Å². The van der Waals surface area contributed by atoms with Crippen molar-refractivity contribution in [3.8, 4) is 0 Å². The number of imidazole rings is 1. The minimum absolute atomic E-state index is 0.315. The second kappa shape index (κ2) is 7.20. The van der Waals surface area contributed by atoms with Crippen LogP contribution in [0, 0.1) is 6.92 Å². The molecule has 1 amide bonds. The van der Waals surface area contributed by atoms with Crippen LogP contribution in [0.1, 0.15) is 37.7 Å². The van der Waals surface area contributed by atoms with Crippen molar-refractivity contribution in [2.45, 2.75) is 46.4 Å². The number of benzene rings is 2. The molecule has 1 N–H and O–H groups in total. The van der Waals surface area contributed by atoms with E-state index in [1.54, 1.807) is 0 Å². The molecule has 1 heterocycles. The number of nitrogens with zero attached hydrogens (tertiary/aromatic N) is 2. The molecule has 5 heteroatoms. The smallest absolute Gasteiger partial charge is 0.408 e. The van der Waals surface area contributed by atoms with Gasteiger partial charge in [-0.05, 0) is 45.4 Å². The molecule has 0 saturated heterocycles. The lowest BCUT2D eigenvalue weighted by Gasteiger charge is -2.19. The lowest BCUT2D eigenvalue weighted by molar-refractivity contribution is 0.0522. The molecule has 136 valence electrons. The van der Waals surface area contributed by atoms with E-state index < -0.39 is 11.7 Å². The van der Waals surface area contributed by atoms with Crippen molar-refractivity contribution >= 4 is 17.1 Å². The summed E-state index contributed by atoms with van der Waals surface area (Å²) in [6, 6.07) is 16.5. The predicted molar refractivity (Wildman–Crippen MR) is 103 cm³/mol. The Kier molecular flexibility index (Phi) is 4.98. The number of para-hydroxylation sites is 2. The number of hydrogen-bond donors (Lipinski definition) is 1. The highest BCUT2D eigenvalue weighted by molar-refractivity contribution is 5.76. The summed E-state index contributed by atoms with van der Waals surface area (Å²) in [6.07, 6.45) is -0.438. The maximum absolute atomic E-state index is 12.0. The summed E-state index contributed by atoms with van der Waals surface area (Å²) >= 11 is 0. The topological polar surface area (TPSA) is 56.2 Å². The Bertz CT molecular complexity index is 905. The van der Waals surface area contributed by atoms with E-state index in [1.807, 2.05) is 45.0 Å². The van der Waals surface area contributed by atoms with Crippen LogP contribution in [0.15, 0.2) is 48.5 Å². The van der Waals surface area contributed by atoms with Crippen LogP contribution < -0.4 is 5.32 Å². The highest BCUT2D eigenvalue weighted by Gasteiger charge is 2.17. The number of hydrogen-bond acceptors (Lipinski definition) is 3. The highest BCUT2D eigenvalue weighted by Crippen LogP contribution is 2.18. The van der Waals surface area contributed by atoms with Crippen LogP contribution in [-0.4, -0.2) is 21.2 Å². The van der Waals surface area contributed by atoms with Gasteiger partial charge in [0.15, 0.2) is 0 Å². The number of rotatable bonds is 4. The van der Waals surface area contributed by atoms with Gasteiger partial charge in [-0.1, -0.05) is 42.0 Å². The molecular weight excluding hydrogens is 326 g/mol. The van der Waals surface area contributed by atoms with Gasteiger partial charge in [-0.2, -0.15) is 0 Å². The van der Waals surface area contributed by atoms with Crippen LogP contribution in [0.4, 0.5) is 4.79 Å². The molecule has 26 heavy (non-hydrogen) atoms. The van der Waals surface area contributed by atoms with Crippen molar-refractivity contribution in [1.82, 2.24) is 14.9 Å². The number of aromatic nitrogens is 2. The molecule has 0 bridgehead atoms. The number of alkyl carbamates (subject to hydrolysis) is 1. The van der Waals surface area contributed by atoms with Crippen LogP contribution in [0.25, 0.3) is 11.0 Å². The maximum atomic E-state index is 12.0. The first-order valence-electron chi connectivity index (χ1n) is 8.78. The van der Waals surface area contributed by atoms with Gasteiger partial charge in [-0.3, -0.25) is 0 Å². The monoisotopic (exact) mass is 351 g/mol. The molecule has 0 unspecified atom stereocenters. The molecule has 0 saturated carbocycles. The summed E-state index contributed by atoms with van der Waals surface area (Å²) in [5.41, 5.74) is 3.87. The number of nitrogens with one attached hydrogen (secondary N) is 1. The molecule has 0 aliphatic heterocycles. The third-order valence-corrected chi connectivity index (χ3v) is 3.98. The molecule has 5 nitrogen and oxygen atoms in total. The first-order valence-corrected chi connectivity index (χ1v) is 8.78. The van der Waals surface area contributed by atoms with Gasteiger partial charge in [0.25, 0.3) is 0 Å². The Morgan fingerprint density at radius 3 is 2.50 bits per heavy atom. The van der Waals surface area contributed by atoms with Gasteiger partial charge in [0, 0.05) is 6.54 Å². The number of ether oxygens (including phenoxy) is 1. The minimum atomic E-state index is -0.522. The van der Waals surface area contributed by atoms with Crippen molar-refractivity contribution in [3.05, 3.63) is 65.5 Å². The van der Waals surface area contributed by atoms with E-state index in [0.717, 1.165) is 16.9 Å². The van der Waals surface area contributed by atoms with Gasteiger partial charge in [0.1, 0.15) is 11.4 Å². The van der Waals surface area contributed by atoms with E-state index in [1.165, 1.54) is 11.1 Å². The quantitative estimate of drug-likeness (QED) is 0.757. The second-order valence-corrected chi connectivity index (χ2v) is 7.44. The molecule has 0 fully saturated rings. The molecule has 0 radical (unpaired) electrons. The van der Waals surface area contributed by atoms with Crippen molar-refractivity contribution in [2.24, 2.45) is 0 Å². The van der Waals surface area contributed by atoms with E-state index >= 15 is 0 Å². The standard InChI is InChI=1S/C21H25N3O2/c1-15-9-11-16(12-10-15)14-24-18-8-6-5-7-17(18)23-19(24)13-22-20(25)26-21(2,3)4/h5-12H,13-14H2,1-4H3,(H,22,25). The van der Waals surface area contributed by atoms with Crippen LogP contribution in [-0.2, 0) is 17.8 Å². The average Bonchev–Trinajstić information content (AvgIpc) is 2.91. The summed E-state index contributed by atoms with van der Waals surface area (Å²) in [4.78, 5) is 16.7. The highest BCUT2D eigenvalue weighted by atomic mass is 16.6. The van der Waals surface area contributed by atoms with Crippen LogP contribution in [0.5, 0.6) is 0 Å². The maximum Gasteiger partial charge on any atom is 0.408 e. The Hall–Kier alpha value is -2.82. The Balaban J connectivity index is 1.85. The fraction of sp³-hybridized carbons (Fsp3) is 0.333. The minimum Gasteiger partial charge on any atom is -0.444 e. The second-order valence-electron chi connectivity index (χ2n) is 7.44. The largest absolute Gasteiger partial charge is 0.444 e. The fourth-order valence-corrected chi connectivity index (χ4v) is 2.78. The van der Waals surface area contributed by atoms with Gasteiger partial charge < -0.3 is 14.6 Å². The molecule has 0 spiro atoms. The van der Waals surface area contributed by atoms with E-state index in [4.69, 9.17) is 4.74 Å². The van der Waals surface area contributed by atoms with Crippen LogP contribution >= 0.6 is 0 Å². The zero-order chi connectivity index (χ0) is 18.7. The van der Waals surface area contributed by atoms with E-state index in [2.05, 4.69) is 46.1 Å². The molecular formula is C21H25N3O2. The number of aryl methyl sites for hydroxylation is 1. The van der Waals surface area contributed by atoms with Gasteiger partial charge >= 0.3 is 6.09 Å². The normalized spacial score (nSPS) is 11.5. The summed E-state index contributed by atoms with van der Waals surface area (Å²) in [7, 11) is 0. The van der Waals surface area contributed by atoms with Gasteiger partial charge in [-0.15, -0.1) is 0 Å². The molecule has 2 aromatic carbocycles. The predicted octanol–water partition coefficient (Wildman–Crippen LogP) is 4.42. The molecule has 3 rings (SSSR count). The first-order chi connectivity index (χ1) is 12.3. The van der Waals surface area contributed by atoms with E-state index in [9.17, 15) is 4.79 Å². The SMILES string of the molecule is Cc1ccc(Cn2c(CNC(=O)OC(C)(C)C)nc3ccccc32)cc1. The van der Waals surface area contributed by atoms with Crippen LogP contribution in [0.3, 0.4) is 0 Å². The molecule has 0 aliphatic carbocycles. The first kappa shape index (κ1) is 18.0. The molecule has 3 aromatic rings. The molecule has 0 aliphatic rings. The molecule has 0 atom stereocenters. The van der Waals surface area contributed by atoms with Gasteiger partial charge in [0.2, 0.25) is 0 Å². The lowest BCUT2D eigenvalue weighted by Crippen LogP contribution is -2.32. The summed E-state index contributed by atoms with van der Waals surface area (Å²) < 4.78 is 7.45. The summed E-state index contributed by atoms with van der Waals surface area (Å²) in [5, 5.41) is 2.81. The summed E-state index contributed by atoms with van der Waals surface area (Å²) in [6.45, 7) is 8.63. The van der Waals surface area contributed by atoms with E-state index in [-0.39, 0.29) is 0 Å². The average molecular weight is 351 g/mol. The zero-order valence-corrected chi connectivity index (χ0v) is 15.7. The number of carbonyl (C=O) groups is 1. The Morgan fingerprint density at radius 1 is 1.12 bits per heavy atom.